The first-order valence-electron chi connectivity index (χ1n) is 6.01. The molecule has 2 rings (SSSR count). The highest BCUT2D eigenvalue weighted by atomic mass is 32.2. The predicted molar refractivity (Wildman–Crippen MR) is 77.6 cm³/mol. The largest absolute Gasteiger partial charge is 0.478 e. The molecule has 2 N–H and O–H groups in total. The molecule has 0 radical (unpaired) electrons. The Hall–Kier alpha value is -1.96. The summed E-state index contributed by atoms with van der Waals surface area (Å²) in [5.74, 6) is -0.606. The van der Waals surface area contributed by atoms with Crippen LogP contribution in [-0.4, -0.2) is 48.6 Å². The lowest BCUT2D eigenvalue weighted by Gasteiger charge is -2.10. The zero-order chi connectivity index (χ0) is 14.9. The second-order valence-electron chi connectivity index (χ2n) is 4.46. The molecule has 0 aliphatic carbocycles. The van der Waals surface area contributed by atoms with Gasteiger partial charge in [-0.1, -0.05) is 0 Å². The molecule has 0 aliphatic heterocycles. The number of pyridine rings is 1. The van der Waals surface area contributed by atoms with Crippen molar-refractivity contribution in [1.82, 2.24) is 14.8 Å². The fraction of sp³-hybridized carbons (Fsp3) is 0.417. The van der Waals surface area contributed by atoms with Crippen molar-refractivity contribution in [3.05, 3.63) is 17.5 Å². The van der Waals surface area contributed by atoms with Crippen molar-refractivity contribution >= 4 is 33.5 Å². The summed E-state index contributed by atoms with van der Waals surface area (Å²) in [5.41, 5.74) is 1.90. The molecule has 0 amide bonds. The Morgan fingerprint density at radius 2 is 2.25 bits per heavy atom. The average molecular weight is 296 g/mol. The molecule has 108 valence electrons. The van der Waals surface area contributed by atoms with Crippen LogP contribution in [0.1, 0.15) is 16.1 Å². The summed E-state index contributed by atoms with van der Waals surface area (Å²) >= 11 is 0. The fourth-order valence-corrected chi connectivity index (χ4v) is 2.47. The third-order valence-corrected chi connectivity index (χ3v) is 3.73. The van der Waals surface area contributed by atoms with Crippen LogP contribution in [0.4, 0.5) is 5.69 Å². The Morgan fingerprint density at radius 1 is 1.55 bits per heavy atom. The Morgan fingerprint density at radius 3 is 2.85 bits per heavy atom. The summed E-state index contributed by atoms with van der Waals surface area (Å²) in [6.07, 6.45) is 2.92. The van der Waals surface area contributed by atoms with Crippen molar-refractivity contribution in [3.63, 3.8) is 0 Å². The topological polar surface area (TPSA) is 97.1 Å². The quantitative estimate of drug-likeness (QED) is 0.845. The van der Waals surface area contributed by atoms with E-state index in [1.165, 1.54) is 6.20 Å². The molecule has 20 heavy (non-hydrogen) atoms. The summed E-state index contributed by atoms with van der Waals surface area (Å²) in [7, 11) is 0.821. The zero-order valence-corrected chi connectivity index (χ0v) is 12.3. The molecular formula is C12H16N4O3S. The van der Waals surface area contributed by atoms with Gasteiger partial charge in [-0.25, -0.2) is 9.78 Å². The second-order valence-corrected chi connectivity index (χ2v) is 6.02. The average Bonchev–Trinajstić information content (AvgIpc) is 2.64. The van der Waals surface area contributed by atoms with Crippen molar-refractivity contribution in [2.75, 3.05) is 23.9 Å². The molecule has 0 fully saturated rings. The van der Waals surface area contributed by atoms with Crippen molar-refractivity contribution < 1.29 is 14.1 Å². The number of hydrogen-bond donors (Lipinski definition) is 2. The van der Waals surface area contributed by atoms with Gasteiger partial charge < -0.3 is 10.4 Å². The zero-order valence-electron chi connectivity index (χ0n) is 11.5. The van der Waals surface area contributed by atoms with E-state index < -0.39 is 16.8 Å². The SMILES string of the molecule is Cc1nn(C)c2ncc(C(=O)O)c(NCCS(C)=O)c12. The van der Waals surface area contributed by atoms with E-state index in [1.54, 1.807) is 24.9 Å². The monoisotopic (exact) mass is 296 g/mol. The maximum Gasteiger partial charge on any atom is 0.339 e. The fourth-order valence-electron chi connectivity index (χ4n) is 2.08. The van der Waals surface area contributed by atoms with Gasteiger partial charge >= 0.3 is 5.97 Å². The van der Waals surface area contributed by atoms with Crippen LogP contribution in [0, 0.1) is 6.92 Å². The lowest BCUT2D eigenvalue weighted by molar-refractivity contribution is 0.0697. The van der Waals surface area contributed by atoms with E-state index in [1.807, 2.05) is 0 Å². The van der Waals surface area contributed by atoms with Crippen LogP contribution in [0.5, 0.6) is 0 Å². The lowest BCUT2D eigenvalue weighted by Crippen LogP contribution is -2.13. The van der Waals surface area contributed by atoms with Gasteiger partial charge in [0, 0.05) is 42.6 Å². The van der Waals surface area contributed by atoms with E-state index in [2.05, 4.69) is 15.4 Å². The van der Waals surface area contributed by atoms with Crippen LogP contribution >= 0.6 is 0 Å². The van der Waals surface area contributed by atoms with Crippen molar-refractivity contribution in [1.29, 1.82) is 0 Å². The molecule has 0 saturated carbocycles. The third kappa shape index (κ3) is 2.64. The smallest absolute Gasteiger partial charge is 0.339 e. The van der Waals surface area contributed by atoms with Gasteiger partial charge in [-0.3, -0.25) is 8.89 Å². The van der Waals surface area contributed by atoms with Gasteiger partial charge in [0.15, 0.2) is 5.65 Å². The number of carboxylic acids is 1. The molecule has 1 atom stereocenters. The molecule has 0 spiro atoms. The minimum Gasteiger partial charge on any atom is -0.478 e. The number of rotatable bonds is 5. The first-order chi connectivity index (χ1) is 9.41. The van der Waals surface area contributed by atoms with Gasteiger partial charge in [0.25, 0.3) is 0 Å². The van der Waals surface area contributed by atoms with Crippen molar-refractivity contribution in [3.8, 4) is 0 Å². The molecule has 0 aromatic carbocycles. The number of nitrogens with one attached hydrogen (secondary N) is 1. The highest BCUT2D eigenvalue weighted by molar-refractivity contribution is 7.84. The molecule has 0 aliphatic rings. The van der Waals surface area contributed by atoms with Crippen LogP contribution in [0.25, 0.3) is 11.0 Å². The molecule has 2 aromatic rings. The first-order valence-corrected chi connectivity index (χ1v) is 7.74. The first kappa shape index (κ1) is 14.4. The van der Waals surface area contributed by atoms with Gasteiger partial charge in [0.2, 0.25) is 0 Å². The van der Waals surface area contributed by atoms with E-state index in [0.717, 1.165) is 0 Å². The van der Waals surface area contributed by atoms with Crippen LogP contribution < -0.4 is 5.32 Å². The highest BCUT2D eigenvalue weighted by Crippen LogP contribution is 2.28. The minimum absolute atomic E-state index is 0.0930. The number of nitrogens with zero attached hydrogens (tertiary/aromatic N) is 3. The van der Waals surface area contributed by atoms with Crippen LogP contribution in [0.15, 0.2) is 6.20 Å². The Kier molecular flexibility index (Phi) is 4.03. The Balaban J connectivity index is 2.53. The summed E-state index contributed by atoms with van der Waals surface area (Å²) < 4.78 is 12.7. The Labute approximate surface area is 118 Å². The standard InChI is InChI=1S/C12H16N4O3S/c1-7-9-10(13-4-5-20(3)19)8(12(17)18)6-14-11(9)16(2)15-7/h6H,4-5H2,1-3H3,(H,13,14)(H,17,18). The normalized spacial score (nSPS) is 12.6. The van der Waals surface area contributed by atoms with Crippen LogP contribution in [0.3, 0.4) is 0 Å². The van der Waals surface area contributed by atoms with Crippen LogP contribution in [0.2, 0.25) is 0 Å². The molecule has 8 heteroatoms. The molecule has 0 saturated heterocycles. The van der Waals surface area contributed by atoms with Gasteiger partial charge in [0.05, 0.1) is 16.8 Å². The van der Waals surface area contributed by atoms with E-state index in [0.29, 0.717) is 34.7 Å². The number of aromatic carboxylic acids is 1. The maximum absolute atomic E-state index is 11.3. The van der Waals surface area contributed by atoms with Gasteiger partial charge in [0.1, 0.15) is 5.56 Å². The molecular weight excluding hydrogens is 280 g/mol. The minimum atomic E-state index is -1.05. The number of hydrogen-bond acceptors (Lipinski definition) is 5. The maximum atomic E-state index is 11.3. The molecule has 2 aromatic heterocycles. The molecule has 2 heterocycles. The lowest BCUT2D eigenvalue weighted by atomic mass is 10.1. The van der Waals surface area contributed by atoms with Gasteiger partial charge in [-0.15, -0.1) is 0 Å². The number of carboxylic acid groups (broad SMARTS) is 1. The number of aromatic nitrogens is 3. The van der Waals surface area contributed by atoms with Crippen LogP contribution in [-0.2, 0) is 17.8 Å². The Bertz CT molecular complexity index is 696. The number of carbonyl (C=O) groups is 1. The summed E-state index contributed by atoms with van der Waals surface area (Å²) in [5, 5.41) is 17.3. The molecule has 0 bridgehead atoms. The van der Waals surface area contributed by atoms with E-state index in [-0.39, 0.29) is 5.56 Å². The summed E-state index contributed by atoms with van der Waals surface area (Å²) in [6.45, 7) is 2.23. The van der Waals surface area contributed by atoms with Gasteiger partial charge in [-0.05, 0) is 6.92 Å². The number of anilines is 1. The van der Waals surface area contributed by atoms with Gasteiger partial charge in [-0.2, -0.15) is 5.10 Å². The number of aryl methyl sites for hydroxylation is 2. The van der Waals surface area contributed by atoms with E-state index in [9.17, 15) is 14.1 Å². The second kappa shape index (κ2) is 5.58. The summed E-state index contributed by atoms with van der Waals surface area (Å²) in [4.78, 5) is 15.5. The van der Waals surface area contributed by atoms with E-state index >= 15 is 0 Å². The van der Waals surface area contributed by atoms with E-state index in [4.69, 9.17) is 0 Å². The molecule has 1 unspecified atom stereocenters. The summed E-state index contributed by atoms with van der Waals surface area (Å²) in [6, 6.07) is 0. The third-order valence-electron chi connectivity index (χ3n) is 2.95. The number of fused-ring (bicyclic) bond motifs is 1. The van der Waals surface area contributed by atoms with Crippen molar-refractivity contribution in [2.24, 2.45) is 7.05 Å². The predicted octanol–water partition coefficient (Wildman–Crippen LogP) is 0.765. The molecule has 7 nitrogen and oxygen atoms in total. The highest BCUT2D eigenvalue weighted by Gasteiger charge is 2.18. The van der Waals surface area contributed by atoms with Crippen molar-refractivity contribution in [2.45, 2.75) is 6.92 Å².